The standard InChI is InChI=1S/C27H28Cl2N4O6S/c1-18-9-12-22(33(36)37)15-24(18)32(40(3,38)39)17-26(34)31(16-20-10-11-21(28)14-23(20)29)25(27(35)30-2)13-19-7-5-4-6-8-19/h4-12,14-15,25H,13,16-17H2,1-3H3,(H,30,35)/t25-/m1/s1. The number of carbonyl (C=O) groups excluding carboxylic acids is 2. The van der Waals surface area contributed by atoms with E-state index in [1.807, 2.05) is 18.2 Å². The molecule has 0 bridgehead atoms. The fourth-order valence-electron chi connectivity index (χ4n) is 4.13. The third-order valence-corrected chi connectivity index (χ3v) is 7.94. The summed E-state index contributed by atoms with van der Waals surface area (Å²) < 4.78 is 26.6. The van der Waals surface area contributed by atoms with Gasteiger partial charge in [-0.15, -0.1) is 0 Å². The summed E-state index contributed by atoms with van der Waals surface area (Å²) in [5, 5.41) is 14.6. The largest absolute Gasteiger partial charge is 0.357 e. The van der Waals surface area contributed by atoms with Gasteiger partial charge < -0.3 is 10.2 Å². The van der Waals surface area contributed by atoms with Crippen molar-refractivity contribution in [2.75, 3.05) is 24.2 Å². The van der Waals surface area contributed by atoms with Crippen LogP contribution in [0.15, 0.2) is 66.7 Å². The van der Waals surface area contributed by atoms with Gasteiger partial charge in [0.05, 0.1) is 16.9 Å². The summed E-state index contributed by atoms with van der Waals surface area (Å²) in [6.45, 7) is 0.731. The molecule has 3 aromatic carbocycles. The molecule has 0 spiro atoms. The molecule has 0 heterocycles. The minimum Gasteiger partial charge on any atom is -0.357 e. The number of anilines is 1. The minimum absolute atomic E-state index is 0.0194. The molecule has 13 heteroatoms. The number of nitrogens with one attached hydrogen (secondary N) is 1. The van der Waals surface area contributed by atoms with E-state index < -0.39 is 39.3 Å². The van der Waals surface area contributed by atoms with Gasteiger partial charge in [-0.05, 0) is 35.7 Å². The molecule has 0 aromatic heterocycles. The minimum atomic E-state index is -4.09. The maximum absolute atomic E-state index is 14.0. The summed E-state index contributed by atoms with van der Waals surface area (Å²) >= 11 is 12.5. The second-order valence-electron chi connectivity index (χ2n) is 9.07. The molecule has 0 radical (unpaired) electrons. The van der Waals surface area contributed by atoms with E-state index in [0.717, 1.165) is 22.2 Å². The number of hydrogen-bond donors (Lipinski definition) is 1. The van der Waals surface area contributed by atoms with Crippen molar-refractivity contribution < 1.29 is 22.9 Å². The average molecular weight is 608 g/mol. The van der Waals surface area contributed by atoms with Crippen molar-refractivity contribution in [1.82, 2.24) is 10.2 Å². The van der Waals surface area contributed by atoms with Crippen LogP contribution in [0.3, 0.4) is 0 Å². The van der Waals surface area contributed by atoms with E-state index in [9.17, 15) is 28.1 Å². The van der Waals surface area contributed by atoms with E-state index >= 15 is 0 Å². The lowest BCUT2D eigenvalue weighted by molar-refractivity contribution is -0.384. The third-order valence-electron chi connectivity index (χ3n) is 6.22. The van der Waals surface area contributed by atoms with Crippen LogP contribution in [-0.4, -0.2) is 55.9 Å². The molecule has 0 saturated heterocycles. The zero-order valence-electron chi connectivity index (χ0n) is 22.0. The number of halogens is 2. The fourth-order valence-corrected chi connectivity index (χ4v) is 5.50. The van der Waals surface area contributed by atoms with Gasteiger partial charge in [-0.25, -0.2) is 8.42 Å². The Morgan fingerprint density at radius 1 is 1.05 bits per heavy atom. The summed E-state index contributed by atoms with van der Waals surface area (Å²) in [5.41, 5.74) is 1.31. The van der Waals surface area contributed by atoms with Crippen molar-refractivity contribution in [3.63, 3.8) is 0 Å². The van der Waals surface area contributed by atoms with Crippen LogP contribution >= 0.6 is 23.2 Å². The van der Waals surface area contributed by atoms with E-state index in [4.69, 9.17) is 23.2 Å². The second kappa shape index (κ2) is 13.1. The molecule has 1 N–H and O–H groups in total. The summed E-state index contributed by atoms with van der Waals surface area (Å²) in [4.78, 5) is 39.1. The molecule has 0 unspecified atom stereocenters. The van der Waals surface area contributed by atoms with E-state index in [1.165, 1.54) is 30.1 Å². The Kier molecular flexibility index (Phi) is 10.1. The average Bonchev–Trinajstić information content (AvgIpc) is 2.90. The molecule has 0 saturated carbocycles. The highest BCUT2D eigenvalue weighted by Crippen LogP contribution is 2.29. The molecule has 10 nitrogen and oxygen atoms in total. The monoisotopic (exact) mass is 606 g/mol. The van der Waals surface area contributed by atoms with Crippen molar-refractivity contribution in [3.8, 4) is 0 Å². The number of benzene rings is 3. The summed E-state index contributed by atoms with van der Waals surface area (Å²) in [5.74, 6) is -1.19. The highest BCUT2D eigenvalue weighted by Gasteiger charge is 2.33. The van der Waals surface area contributed by atoms with Crippen molar-refractivity contribution in [3.05, 3.63) is 104 Å². The Labute approximate surface area is 242 Å². The molecular weight excluding hydrogens is 579 g/mol. The lowest BCUT2D eigenvalue weighted by Crippen LogP contribution is -2.53. The topological polar surface area (TPSA) is 130 Å². The number of likely N-dealkylation sites (N-methyl/N-ethyl adjacent to an activating group) is 1. The number of amides is 2. The first kappa shape index (κ1) is 30.9. The number of nitro benzene ring substituents is 1. The highest BCUT2D eigenvalue weighted by molar-refractivity contribution is 7.92. The van der Waals surface area contributed by atoms with Crippen molar-refractivity contribution in [2.24, 2.45) is 0 Å². The molecule has 212 valence electrons. The van der Waals surface area contributed by atoms with Crippen molar-refractivity contribution in [1.29, 1.82) is 0 Å². The molecule has 0 aliphatic carbocycles. The third kappa shape index (κ3) is 7.71. The Morgan fingerprint density at radius 2 is 1.73 bits per heavy atom. The molecule has 0 aliphatic rings. The molecule has 2 amide bonds. The number of rotatable bonds is 11. The Balaban J connectivity index is 2.10. The Morgan fingerprint density at radius 3 is 2.30 bits per heavy atom. The lowest BCUT2D eigenvalue weighted by atomic mass is 10.0. The number of nitrogens with zero attached hydrogens (tertiary/aromatic N) is 3. The maximum Gasteiger partial charge on any atom is 0.271 e. The number of carbonyl (C=O) groups is 2. The van der Waals surface area contributed by atoms with Gasteiger partial charge in [-0.1, -0.05) is 65.7 Å². The number of non-ortho nitro benzene ring substituents is 1. The van der Waals surface area contributed by atoms with Gasteiger partial charge in [0, 0.05) is 42.2 Å². The SMILES string of the molecule is CNC(=O)[C@@H](Cc1ccccc1)N(Cc1ccc(Cl)cc1Cl)C(=O)CN(c1cc([N+](=O)[O-])ccc1C)S(C)(=O)=O. The lowest BCUT2D eigenvalue weighted by Gasteiger charge is -2.33. The van der Waals surface area contributed by atoms with Gasteiger partial charge in [0.15, 0.2) is 0 Å². The molecule has 1 atom stereocenters. The molecule has 0 fully saturated rings. The first-order valence-corrected chi connectivity index (χ1v) is 14.6. The van der Waals surface area contributed by atoms with Crippen LogP contribution in [0.4, 0.5) is 11.4 Å². The zero-order valence-corrected chi connectivity index (χ0v) is 24.3. The molecule has 3 aromatic rings. The quantitative estimate of drug-likeness (QED) is 0.255. The van der Waals surface area contributed by atoms with Crippen LogP contribution in [-0.2, 0) is 32.6 Å². The molecular formula is C27H28Cl2N4O6S. The highest BCUT2D eigenvalue weighted by atomic mass is 35.5. The zero-order chi connectivity index (χ0) is 29.6. The van der Waals surface area contributed by atoms with Crippen molar-refractivity contribution in [2.45, 2.75) is 25.9 Å². The Bertz CT molecular complexity index is 1520. The summed E-state index contributed by atoms with van der Waals surface area (Å²) in [7, 11) is -2.65. The fraction of sp³-hybridized carbons (Fsp3) is 0.259. The van der Waals surface area contributed by atoms with Crippen LogP contribution in [0.25, 0.3) is 0 Å². The number of aryl methyl sites for hydroxylation is 1. The molecule has 0 aliphatic heterocycles. The second-order valence-corrected chi connectivity index (χ2v) is 11.8. The maximum atomic E-state index is 14.0. The summed E-state index contributed by atoms with van der Waals surface area (Å²) in [6.07, 6.45) is 1.03. The molecule has 3 rings (SSSR count). The van der Waals surface area contributed by atoms with E-state index in [2.05, 4.69) is 5.32 Å². The normalized spacial score (nSPS) is 11.9. The number of nitro groups is 1. The van der Waals surface area contributed by atoms with Crippen LogP contribution in [0.5, 0.6) is 0 Å². The number of sulfonamides is 1. The van der Waals surface area contributed by atoms with Gasteiger partial charge in [-0.3, -0.25) is 24.0 Å². The smallest absolute Gasteiger partial charge is 0.271 e. The van der Waals surface area contributed by atoms with Gasteiger partial charge in [0.2, 0.25) is 21.8 Å². The predicted octanol–water partition coefficient (Wildman–Crippen LogP) is 4.36. The van der Waals surface area contributed by atoms with E-state index in [1.54, 1.807) is 31.2 Å². The van der Waals surface area contributed by atoms with Crippen LogP contribution < -0.4 is 9.62 Å². The van der Waals surface area contributed by atoms with Crippen molar-refractivity contribution >= 4 is 56.4 Å². The van der Waals surface area contributed by atoms with Gasteiger partial charge in [-0.2, -0.15) is 0 Å². The van der Waals surface area contributed by atoms with Crippen LogP contribution in [0, 0.1) is 17.0 Å². The van der Waals surface area contributed by atoms with E-state index in [-0.39, 0.29) is 29.4 Å². The van der Waals surface area contributed by atoms with E-state index in [0.29, 0.717) is 16.1 Å². The van der Waals surface area contributed by atoms with Gasteiger partial charge in [0.1, 0.15) is 12.6 Å². The van der Waals surface area contributed by atoms with Gasteiger partial charge >= 0.3 is 0 Å². The first-order valence-electron chi connectivity index (χ1n) is 12.0. The Hall–Kier alpha value is -3.67. The van der Waals surface area contributed by atoms with Gasteiger partial charge in [0.25, 0.3) is 5.69 Å². The van der Waals surface area contributed by atoms with Crippen LogP contribution in [0.1, 0.15) is 16.7 Å². The van der Waals surface area contributed by atoms with Crippen LogP contribution in [0.2, 0.25) is 10.0 Å². The first-order chi connectivity index (χ1) is 18.8. The molecule has 40 heavy (non-hydrogen) atoms. The number of hydrogen-bond acceptors (Lipinski definition) is 6. The predicted molar refractivity (Wildman–Crippen MR) is 155 cm³/mol. The summed E-state index contributed by atoms with van der Waals surface area (Å²) in [6, 6.07) is 16.5.